The van der Waals surface area contributed by atoms with Gasteiger partial charge in [-0.25, -0.2) is 0 Å². The van der Waals surface area contributed by atoms with Gasteiger partial charge in [-0.2, -0.15) is 0 Å². The van der Waals surface area contributed by atoms with Crippen LogP contribution >= 0.6 is 11.6 Å². The fourth-order valence-electron chi connectivity index (χ4n) is 1.50. The molecule has 0 aliphatic heterocycles. The predicted molar refractivity (Wildman–Crippen MR) is 64.5 cm³/mol. The van der Waals surface area contributed by atoms with Gasteiger partial charge in [-0.3, -0.25) is 4.21 Å². The quantitative estimate of drug-likeness (QED) is 0.827. The minimum absolute atomic E-state index is 0.577. The molecule has 0 spiro atoms. The molecule has 4 heteroatoms. The number of halogens is 1. The van der Waals surface area contributed by atoms with Crippen molar-refractivity contribution in [1.82, 2.24) is 0 Å². The highest BCUT2D eigenvalue weighted by molar-refractivity contribution is 7.85. The van der Waals surface area contributed by atoms with E-state index in [0.29, 0.717) is 21.4 Å². The van der Waals surface area contributed by atoms with Crippen molar-refractivity contribution in [3.63, 3.8) is 0 Å². The molecule has 2 rings (SSSR count). The van der Waals surface area contributed by atoms with Crippen LogP contribution in [0.15, 0.2) is 23.1 Å². The van der Waals surface area contributed by atoms with Crippen molar-refractivity contribution in [2.45, 2.75) is 24.2 Å². The molecule has 0 radical (unpaired) electrons. The standard InChI is InChI=1S/C11H14ClNOS/c12-9-3-4-10(13)11(7-9)15(14)6-5-8-1-2-8/h3-4,7-8H,1-2,5-6,13H2. The Morgan fingerprint density at radius 3 is 2.87 bits per heavy atom. The van der Waals surface area contributed by atoms with E-state index in [9.17, 15) is 4.21 Å². The summed E-state index contributed by atoms with van der Waals surface area (Å²) in [7, 11) is -0.995. The van der Waals surface area contributed by atoms with Crippen LogP contribution in [0.3, 0.4) is 0 Å². The number of rotatable bonds is 4. The monoisotopic (exact) mass is 243 g/mol. The molecule has 2 nitrogen and oxygen atoms in total. The van der Waals surface area contributed by atoms with Gasteiger partial charge in [-0.05, 0) is 30.5 Å². The van der Waals surface area contributed by atoms with Gasteiger partial charge in [0.1, 0.15) is 0 Å². The van der Waals surface area contributed by atoms with E-state index in [-0.39, 0.29) is 0 Å². The van der Waals surface area contributed by atoms with E-state index in [2.05, 4.69) is 0 Å². The van der Waals surface area contributed by atoms with Crippen molar-refractivity contribution in [2.75, 3.05) is 11.5 Å². The van der Waals surface area contributed by atoms with Crippen LogP contribution in [0.25, 0.3) is 0 Å². The summed E-state index contributed by atoms with van der Waals surface area (Å²) in [6, 6.07) is 5.14. The van der Waals surface area contributed by atoms with Crippen molar-refractivity contribution < 1.29 is 4.21 Å². The van der Waals surface area contributed by atoms with Gasteiger partial charge in [0.2, 0.25) is 0 Å². The lowest BCUT2D eigenvalue weighted by Crippen LogP contribution is -2.02. The third kappa shape index (κ3) is 2.95. The molecule has 1 aliphatic carbocycles. The molecule has 1 aromatic rings. The van der Waals surface area contributed by atoms with Crippen LogP contribution in [0.2, 0.25) is 5.02 Å². The molecule has 1 aliphatic rings. The number of hydrogen-bond acceptors (Lipinski definition) is 2. The van der Waals surface area contributed by atoms with Crippen LogP contribution in [-0.2, 0) is 10.8 Å². The summed E-state index contributed by atoms with van der Waals surface area (Å²) in [6.45, 7) is 0. The highest BCUT2D eigenvalue weighted by Gasteiger charge is 2.22. The molecule has 1 fully saturated rings. The molecule has 0 heterocycles. The molecule has 0 saturated heterocycles. The second-order valence-electron chi connectivity index (χ2n) is 3.96. The van der Waals surface area contributed by atoms with Crippen molar-refractivity contribution in [2.24, 2.45) is 5.92 Å². The first-order chi connectivity index (χ1) is 7.16. The third-order valence-corrected chi connectivity index (χ3v) is 4.32. The van der Waals surface area contributed by atoms with E-state index < -0.39 is 10.8 Å². The number of hydrogen-bond donors (Lipinski definition) is 1. The first kappa shape index (κ1) is 11.0. The Balaban J connectivity index is 2.05. The minimum atomic E-state index is -0.995. The fourth-order valence-corrected chi connectivity index (χ4v) is 3.09. The highest BCUT2D eigenvalue weighted by atomic mass is 35.5. The Hall–Kier alpha value is -0.540. The number of benzene rings is 1. The first-order valence-corrected chi connectivity index (χ1v) is 6.80. The average Bonchev–Trinajstić information content (AvgIpc) is 3.02. The van der Waals surface area contributed by atoms with Gasteiger partial charge in [0.05, 0.1) is 15.7 Å². The molecule has 82 valence electrons. The molecule has 1 saturated carbocycles. The molecule has 2 N–H and O–H groups in total. The Kier molecular flexibility index (Phi) is 3.32. The zero-order valence-electron chi connectivity index (χ0n) is 8.41. The predicted octanol–water partition coefficient (Wildman–Crippen LogP) is 2.83. The second kappa shape index (κ2) is 4.54. The smallest absolute Gasteiger partial charge is 0.0632 e. The van der Waals surface area contributed by atoms with Crippen molar-refractivity contribution in [3.8, 4) is 0 Å². The lowest BCUT2D eigenvalue weighted by Gasteiger charge is -2.05. The summed E-state index contributed by atoms with van der Waals surface area (Å²) >= 11 is 5.85. The van der Waals surface area contributed by atoms with Crippen LogP contribution in [0.5, 0.6) is 0 Å². The second-order valence-corrected chi connectivity index (χ2v) is 5.94. The van der Waals surface area contributed by atoms with Gasteiger partial charge < -0.3 is 5.73 Å². The maximum atomic E-state index is 11.9. The van der Waals surface area contributed by atoms with E-state index in [1.54, 1.807) is 18.2 Å². The summed E-state index contributed by atoms with van der Waals surface area (Å²) in [5.74, 6) is 1.50. The molecule has 1 aromatic carbocycles. The lowest BCUT2D eigenvalue weighted by atomic mass is 10.3. The summed E-state index contributed by atoms with van der Waals surface area (Å²) in [4.78, 5) is 0.683. The molecule has 1 unspecified atom stereocenters. The molecule has 0 amide bonds. The van der Waals surface area contributed by atoms with Crippen molar-refractivity contribution in [3.05, 3.63) is 23.2 Å². The third-order valence-electron chi connectivity index (χ3n) is 2.63. The van der Waals surface area contributed by atoms with E-state index in [1.807, 2.05) is 0 Å². The molecular formula is C11H14ClNOS. The number of anilines is 1. The normalized spacial score (nSPS) is 17.7. The Labute approximate surface area is 97.3 Å². The van der Waals surface area contributed by atoms with Gasteiger partial charge >= 0.3 is 0 Å². The maximum Gasteiger partial charge on any atom is 0.0632 e. The Bertz CT molecular complexity index is 390. The van der Waals surface area contributed by atoms with Crippen LogP contribution in [0.1, 0.15) is 19.3 Å². The topological polar surface area (TPSA) is 43.1 Å². The Morgan fingerprint density at radius 1 is 1.47 bits per heavy atom. The molecular weight excluding hydrogens is 230 g/mol. The van der Waals surface area contributed by atoms with E-state index in [0.717, 1.165) is 12.3 Å². The molecule has 15 heavy (non-hydrogen) atoms. The highest BCUT2D eigenvalue weighted by Crippen LogP contribution is 2.33. The summed E-state index contributed by atoms with van der Waals surface area (Å²) in [6.07, 6.45) is 3.63. The van der Waals surface area contributed by atoms with Gasteiger partial charge in [-0.1, -0.05) is 24.4 Å². The van der Waals surface area contributed by atoms with Crippen LogP contribution in [-0.4, -0.2) is 9.96 Å². The number of nitrogen functional groups attached to an aromatic ring is 1. The largest absolute Gasteiger partial charge is 0.398 e. The average molecular weight is 244 g/mol. The lowest BCUT2D eigenvalue weighted by molar-refractivity contribution is 0.676. The zero-order valence-corrected chi connectivity index (χ0v) is 9.98. The van der Waals surface area contributed by atoms with Gasteiger partial charge in [-0.15, -0.1) is 0 Å². The summed E-state index contributed by atoms with van der Waals surface area (Å²) < 4.78 is 11.9. The maximum absolute atomic E-state index is 11.9. The molecule has 0 aromatic heterocycles. The molecule has 0 bridgehead atoms. The van der Waals surface area contributed by atoms with E-state index in [1.165, 1.54) is 12.8 Å². The summed E-state index contributed by atoms with van der Waals surface area (Å²) in [5, 5.41) is 0.596. The van der Waals surface area contributed by atoms with Crippen molar-refractivity contribution >= 4 is 28.1 Å². The Morgan fingerprint density at radius 2 is 2.20 bits per heavy atom. The zero-order chi connectivity index (χ0) is 10.8. The van der Waals surface area contributed by atoms with E-state index >= 15 is 0 Å². The number of nitrogens with two attached hydrogens (primary N) is 1. The first-order valence-electron chi connectivity index (χ1n) is 5.10. The fraction of sp³-hybridized carbons (Fsp3) is 0.455. The van der Waals surface area contributed by atoms with Crippen LogP contribution in [0, 0.1) is 5.92 Å². The molecule has 1 atom stereocenters. The SMILES string of the molecule is Nc1ccc(Cl)cc1S(=O)CCC1CC1. The van der Waals surface area contributed by atoms with Gasteiger partial charge in [0.25, 0.3) is 0 Å². The van der Waals surface area contributed by atoms with Crippen LogP contribution < -0.4 is 5.73 Å². The minimum Gasteiger partial charge on any atom is -0.398 e. The van der Waals surface area contributed by atoms with Crippen LogP contribution in [0.4, 0.5) is 5.69 Å². The van der Waals surface area contributed by atoms with Gasteiger partial charge in [0.15, 0.2) is 0 Å². The van der Waals surface area contributed by atoms with Crippen molar-refractivity contribution in [1.29, 1.82) is 0 Å². The van der Waals surface area contributed by atoms with Gasteiger partial charge in [0, 0.05) is 16.5 Å². The van der Waals surface area contributed by atoms with E-state index in [4.69, 9.17) is 17.3 Å². The summed E-state index contributed by atoms with van der Waals surface area (Å²) in [5.41, 5.74) is 6.34.